The van der Waals surface area contributed by atoms with Crippen LogP contribution in [0.4, 0.5) is 0 Å². The van der Waals surface area contributed by atoms with Crippen LogP contribution in [0.1, 0.15) is 28.9 Å². The zero-order chi connectivity index (χ0) is 19.7. The number of benzene rings is 2. The van der Waals surface area contributed by atoms with Gasteiger partial charge in [0, 0.05) is 23.5 Å². The maximum Gasteiger partial charge on any atom is 0.253 e. The Morgan fingerprint density at radius 2 is 1.71 bits per heavy atom. The summed E-state index contributed by atoms with van der Waals surface area (Å²) in [5.74, 6) is 1.30. The molecule has 0 atom stereocenters. The van der Waals surface area contributed by atoms with E-state index in [1.54, 1.807) is 14.2 Å². The molecule has 1 aliphatic carbocycles. The zero-order valence-corrected chi connectivity index (χ0v) is 16.4. The second kappa shape index (κ2) is 7.43. The predicted octanol–water partition coefficient (Wildman–Crippen LogP) is 4.36. The van der Waals surface area contributed by atoms with Gasteiger partial charge < -0.3 is 19.4 Å². The largest absolute Gasteiger partial charge is 0.493 e. The minimum atomic E-state index is -0.0172. The van der Waals surface area contributed by atoms with Crippen molar-refractivity contribution in [2.75, 3.05) is 14.2 Å². The summed E-state index contributed by atoms with van der Waals surface area (Å²) in [6.45, 7) is 1.98. The zero-order valence-electron chi connectivity index (χ0n) is 16.4. The molecule has 5 nitrogen and oxygen atoms in total. The molecule has 1 saturated carbocycles. The quantitative estimate of drug-likeness (QED) is 0.695. The first-order valence-corrected chi connectivity index (χ1v) is 9.43. The van der Waals surface area contributed by atoms with Crippen LogP contribution in [0.25, 0.3) is 16.9 Å². The molecule has 1 fully saturated rings. The van der Waals surface area contributed by atoms with Crippen LogP contribution in [0, 0.1) is 6.92 Å². The molecule has 3 aromatic rings. The Morgan fingerprint density at radius 1 is 1.00 bits per heavy atom. The number of methoxy groups -OCH3 is 2. The van der Waals surface area contributed by atoms with Crippen molar-refractivity contribution in [3.05, 3.63) is 65.9 Å². The van der Waals surface area contributed by atoms with Gasteiger partial charge in [-0.3, -0.25) is 4.79 Å². The van der Waals surface area contributed by atoms with E-state index in [1.165, 1.54) is 0 Å². The lowest BCUT2D eigenvalue weighted by Crippen LogP contribution is -2.25. The van der Waals surface area contributed by atoms with E-state index in [2.05, 4.69) is 22.0 Å². The van der Waals surface area contributed by atoms with Crippen LogP contribution in [0.15, 0.2) is 54.6 Å². The standard InChI is InChI=1S/C23H24N2O3/c1-15-19(23(26)24-17-9-10-17)14-20(16-7-5-4-6-8-16)25(15)18-11-12-21(27-2)22(13-18)28-3/h4-8,11-14,17H,9-10H2,1-3H3,(H,24,26). The first-order chi connectivity index (χ1) is 13.6. The van der Waals surface area contributed by atoms with Crippen molar-refractivity contribution in [1.82, 2.24) is 9.88 Å². The van der Waals surface area contributed by atoms with Gasteiger partial charge in [0.1, 0.15) is 0 Å². The average molecular weight is 376 g/mol. The second-order valence-corrected chi connectivity index (χ2v) is 7.02. The molecule has 5 heteroatoms. The van der Waals surface area contributed by atoms with Crippen LogP contribution in [-0.2, 0) is 0 Å². The van der Waals surface area contributed by atoms with Gasteiger partial charge in [-0.15, -0.1) is 0 Å². The molecule has 0 radical (unpaired) electrons. The monoisotopic (exact) mass is 376 g/mol. The lowest BCUT2D eigenvalue weighted by Gasteiger charge is -2.15. The van der Waals surface area contributed by atoms with Crippen LogP contribution >= 0.6 is 0 Å². The van der Waals surface area contributed by atoms with Gasteiger partial charge in [-0.25, -0.2) is 0 Å². The molecule has 1 aliphatic rings. The lowest BCUT2D eigenvalue weighted by atomic mass is 10.1. The van der Waals surface area contributed by atoms with Crippen molar-refractivity contribution in [2.45, 2.75) is 25.8 Å². The topological polar surface area (TPSA) is 52.5 Å². The number of nitrogens with one attached hydrogen (secondary N) is 1. The summed E-state index contributed by atoms with van der Waals surface area (Å²) in [4.78, 5) is 12.8. The summed E-state index contributed by atoms with van der Waals surface area (Å²) in [6.07, 6.45) is 2.12. The van der Waals surface area contributed by atoms with Crippen molar-refractivity contribution in [2.24, 2.45) is 0 Å². The number of nitrogens with zero attached hydrogens (tertiary/aromatic N) is 1. The van der Waals surface area contributed by atoms with Crippen molar-refractivity contribution < 1.29 is 14.3 Å². The molecule has 1 heterocycles. The van der Waals surface area contributed by atoms with Crippen LogP contribution in [-0.4, -0.2) is 30.7 Å². The number of hydrogen-bond donors (Lipinski definition) is 1. The molecular weight excluding hydrogens is 352 g/mol. The fraction of sp³-hybridized carbons (Fsp3) is 0.261. The molecule has 1 N–H and O–H groups in total. The van der Waals surface area contributed by atoms with Gasteiger partial charge in [0.2, 0.25) is 0 Å². The summed E-state index contributed by atoms with van der Waals surface area (Å²) in [5, 5.41) is 3.10. The molecule has 4 rings (SSSR count). The van der Waals surface area contributed by atoms with Gasteiger partial charge in [-0.2, -0.15) is 0 Å². The minimum Gasteiger partial charge on any atom is -0.493 e. The van der Waals surface area contributed by atoms with E-state index in [1.807, 2.05) is 49.4 Å². The summed E-state index contributed by atoms with van der Waals surface area (Å²) in [6, 6.07) is 18.2. The highest BCUT2D eigenvalue weighted by Gasteiger charge is 2.26. The Hall–Kier alpha value is -3.21. The van der Waals surface area contributed by atoms with Gasteiger partial charge in [0.05, 0.1) is 25.5 Å². The highest BCUT2D eigenvalue weighted by atomic mass is 16.5. The number of carbonyl (C=O) groups excluding carboxylic acids is 1. The van der Waals surface area contributed by atoms with E-state index in [9.17, 15) is 4.79 Å². The first kappa shape index (κ1) is 18.2. The van der Waals surface area contributed by atoms with Gasteiger partial charge >= 0.3 is 0 Å². The fourth-order valence-corrected chi connectivity index (χ4v) is 3.45. The molecule has 0 unspecified atom stereocenters. The summed E-state index contributed by atoms with van der Waals surface area (Å²) < 4.78 is 12.9. The van der Waals surface area contributed by atoms with Crippen LogP contribution in [0.2, 0.25) is 0 Å². The van der Waals surface area contributed by atoms with Crippen molar-refractivity contribution in [3.63, 3.8) is 0 Å². The predicted molar refractivity (Wildman–Crippen MR) is 110 cm³/mol. The molecule has 28 heavy (non-hydrogen) atoms. The van der Waals surface area contributed by atoms with Crippen molar-refractivity contribution >= 4 is 5.91 Å². The minimum absolute atomic E-state index is 0.0172. The van der Waals surface area contributed by atoms with Crippen LogP contribution in [0.5, 0.6) is 11.5 Å². The third-order valence-electron chi connectivity index (χ3n) is 5.10. The summed E-state index contributed by atoms with van der Waals surface area (Å²) in [7, 11) is 3.24. The van der Waals surface area contributed by atoms with Gasteiger partial charge in [-0.05, 0) is 43.5 Å². The van der Waals surface area contributed by atoms with Gasteiger partial charge in [0.15, 0.2) is 11.5 Å². The third kappa shape index (κ3) is 3.36. The molecule has 1 aromatic heterocycles. The molecule has 0 aliphatic heterocycles. The highest BCUT2D eigenvalue weighted by Crippen LogP contribution is 2.34. The number of rotatable bonds is 6. The number of carbonyl (C=O) groups is 1. The van der Waals surface area contributed by atoms with Crippen molar-refractivity contribution in [1.29, 1.82) is 0 Å². The normalized spacial score (nSPS) is 13.2. The first-order valence-electron chi connectivity index (χ1n) is 9.43. The Labute approximate surface area is 164 Å². The summed E-state index contributed by atoms with van der Waals surface area (Å²) in [5.41, 5.74) is 4.52. The SMILES string of the molecule is COc1ccc(-n2c(-c3ccccc3)cc(C(=O)NC3CC3)c2C)cc1OC. The second-order valence-electron chi connectivity index (χ2n) is 7.02. The maximum atomic E-state index is 12.8. The van der Waals surface area contributed by atoms with Crippen LogP contribution < -0.4 is 14.8 Å². The molecule has 2 aromatic carbocycles. The molecule has 144 valence electrons. The molecule has 0 saturated heterocycles. The Balaban J connectivity index is 1.87. The van der Waals surface area contributed by atoms with E-state index in [0.717, 1.165) is 35.5 Å². The van der Waals surface area contributed by atoms with E-state index in [4.69, 9.17) is 9.47 Å². The Kier molecular flexibility index (Phi) is 4.82. The van der Waals surface area contributed by atoms with Crippen LogP contribution in [0.3, 0.4) is 0 Å². The molecule has 0 spiro atoms. The number of hydrogen-bond acceptors (Lipinski definition) is 3. The number of ether oxygens (including phenoxy) is 2. The molecule has 1 amide bonds. The Morgan fingerprint density at radius 3 is 2.36 bits per heavy atom. The van der Waals surface area contributed by atoms with Gasteiger partial charge in [0.25, 0.3) is 5.91 Å². The number of aromatic nitrogens is 1. The van der Waals surface area contributed by atoms with E-state index < -0.39 is 0 Å². The molecular formula is C23H24N2O3. The lowest BCUT2D eigenvalue weighted by molar-refractivity contribution is 0.0950. The highest BCUT2D eigenvalue weighted by molar-refractivity contribution is 5.97. The average Bonchev–Trinajstić information content (AvgIpc) is 3.47. The van der Waals surface area contributed by atoms with E-state index in [-0.39, 0.29) is 5.91 Å². The van der Waals surface area contributed by atoms with E-state index in [0.29, 0.717) is 23.1 Å². The van der Waals surface area contributed by atoms with E-state index >= 15 is 0 Å². The van der Waals surface area contributed by atoms with Crippen molar-refractivity contribution in [3.8, 4) is 28.4 Å². The third-order valence-corrected chi connectivity index (χ3v) is 5.10. The fourth-order valence-electron chi connectivity index (χ4n) is 3.45. The Bertz CT molecular complexity index is 1000. The smallest absolute Gasteiger partial charge is 0.253 e. The van der Waals surface area contributed by atoms with Gasteiger partial charge in [-0.1, -0.05) is 30.3 Å². The maximum absolute atomic E-state index is 12.8. The molecule has 0 bridgehead atoms. The number of amides is 1. The summed E-state index contributed by atoms with van der Waals surface area (Å²) >= 11 is 0.